The third-order valence-corrected chi connectivity index (χ3v) is 3.35. The van der Waals surface area contributed by atoms with Gasteiger partial charge in [-0.2, -0.15) is 0 Å². The molecule has 5 nitrogen and oxygen atoms in total. The number of aliphatic hydroxyl groups is 1. The summed E-state index contributed by atoms with van der Waals surface area (Å²) in [5.74, 6) is -0.424. The van der Waals surface area contributed by atoms with Gasteiger partial charge < -0.3 is 19.7 Å². The van der Waals surface area contributed by atoms with E-state index in [0.717, 1.165) is 11.1 Å². The number of methoxy groups -OCH3 is 2. The van der Waals surface area contributed by atoms with Crippen LogP contribution in [0.25, 0.3) is 0 Å². The Morgan fingerprint density at radius 1 is 1.33 bits per heavy atom. The van der Waals surface area contributed by atoms with Crippen molar-refractivity contribution in [1.82, 2.24) is 0 Å². The summed E-state index contributed by atoms with van der Waals surface area (Å²) >= 11 is 0. The van der Waals surface area contributed by atoms with E-state index in [1.165, 1.54) is 14.2 Å². The number of hydrogen-bond acceptors (Lipinski definition) is 4. The number of benzene rings is 1. The highest BCUT2D eigenvalue weighted by atomic mass is 16.5. The van der Waals surface area contributed by atoms with Crippen molar-refractivity contribution < 1.29 is 24.5 Å². The second-order valence-electron chi connectivity index (χ2n) is 4.36. The zero-order chi connectivity index (χ0) is 13.3. The summed E-state index contributed by atoms with van der Waals surface area (Å²) in [6, 6.07) is 3.49. The Kier molecular flexibility index (Phi) is 3.43. The van der Waals surface area contributed by atoms with Gasteiger partial charge in [-0.3, -0.25) is 4.79 Å². The molecule has 1 aliphatic rings. The molecule has 0 bridgehead atoms. The van der Waals surface area contributed by atoms with Crippen LogP contribution in [0.1, 0.15) is 23.7 Å². The summed E-state index contributed by atoms with van der Waals surface area (Å²) in [5, 5.41) is 19.1. The number of rotatable bonds is 3. The fourth-order valence-corrected chi connectivity index (χ4v) is 2.44. The van der Waals surface area contributed by atoms with Gasteiger partial charge in [0.2, 0.25) is 0 Å². The fraction of sp³-hybridized carbons (Fsp3) is 0.462. The van der Waals surface area contributed by atoms with Crippen LogP contribution >= 0.6 is 0 Å². The summed E-state index contributed by atoms with van der Waals surface area (Å²) in [6.07, 6.45) is -0.186. The summed E-state index contributed by atoms with van der Waals surface area (Å²) < 4.78 is 10.5. The minimum atomic E-state index is -0.899. The Bertz CT molecular complexity index is 469. The van der Waals surface area contributed by atoms with Crippen molar-refractivity contribution in [2.24, 2.45) is 5.92 Å². The highest BCUT2D eigenvalue weighted by Crippen LogP contribution is 2.42. The molecule has 1 aliphatic carbocycles. The van der Waals surface area contributed by atoms with Crippen molar-refractivity contribution in [3.63, 3.8) is 0 Å². The number of hydrogen-bond donors (Lipinski definition) is 2. The van der Waals surface area contributed by atoms with Crippen molar-refractivity contribution in [2.45, 2.75) is 18.9 Å². The van der Waals surface area contributed by atoms with Crippen LogP contribution in [0, 0.1) is 5.92 Å². The monoisotopic (exact) mass is 252 g/mol. The molecular formula is C13H16O5. The molecule has 0 aliphatic heterocycles. The van der Waals surface area contributed by atoms with E-state index in [0.29, 0.717) is 17.9 Å². The van der Waals surface area contributed by atoms with E-state index in [1.54, 1.807) is 12.1 Å². The molecule has 2 unspecified atom stereocenters. The number of carbonyl (C=O) groups is 1. The molecule has 0 aromatic heterocycles. The van der Waals surface area contributed by atoms with Gasteiger partial charge in [0.1, 0.15) is 0 Å². The van der Waals surface area contributed by atoms with Gasteiger partial charge in [0.25, 0.3) is 0 Å². The lowest BCUT2D eigenvalue weighted by atomic mass is 9.81. The number of fused-ring (bicyclic) bond motifs is 1. The van der Waals surface area contributed by atoms with Gasteiger partial charge in [-0.1, -0.05) is 6.07 Å². The van der Waals surface area contributed by atoms with Crippen LogP contribution in [0.3, 0.4) is 0 Å². The normalized spacial score (nSPS) is 22.2. The molecule has 18 heavy (non-hydrogen) atoms. The molecule has 2 N–H and O–H groups in total. The molecule has 2 rings (SSSR count). The molecule has 98 valence electrons. The van der Waals surface area contributed by atoms with Crippen LogP contribution < -0.4 is 9.47 Å². The van der Waals surface area contributed by atoms with Gasteiger partial charge in [0, 0.05) is 5.56 Å². The number of ether oxygens (including phenoxy) is 2. The number of carboxylic acid groups (broad SMARTS) is 1. The second-order valence-corrected chi connectivity index (χ2v) is 4.36. The maximum absolute atomic E-state index is 11.1. The largest absolute Gasteiger partial charge is 0.493 e. The summed E-state index contributed by atoms with van der Waals surface area (Å²) in [6.45, 7) is 0. The minimum absolute atomic E-state index is 0.234. The number of carboxylic acids is 1. The van der Waals surface area contributed by atoms with Crippen molar-refractivity contribution in [3.05, 3.63) is 23.3 Å². The Morgan fingerprint density at radius 2 is 2.06 bits per heavy atom. The molecule has 0 saturated carbocycles. The number of aliphatic hydroxyl groups excluding tert-OH is 1. The minimum Gasteiger partial charge on any atom is -0.493 e. The van der Waals surface area contributed by atoms with Gasteiger partial charge in [0.15, 0.2) is 11.5 Å². The van der Waals surface area contributed by atoms with Crippen LogP contribution in [-0.4, -0.2) is 30.4 Å². The molecule has 0 heterocycles. The van der Waals surface area contributed by atoms with Gasteiger partial charge in [-0.25, -0.2) is 0 Å². The van der Waals surface area contributed by atoms with Crippen molar-refractivity contribution in [2.75, 3.05) is 14.2 Å². The Morgan fingerprint density at radius 3 is 2.61 bits per heavy atom. The van der Waals surface area contributed by atoms with E-state index < -0.39 is 18.0 Å². The van der Waals surface area contributed by atoms with Gasteiger partial charge >= 0.3 is 5.97 Å². The van der Waals surface area contributed by atoms with E-state index >= 15 is 0 Å². The number of aliphatic carboxylic acids is 1. The van der Waals surface area contributed by atoms with Gasteiger partial charge in [-0.05, 0) is 24.5 Å². The van der Waals surface area contributed by atoms with E-state index in [9.17, 15) is 9.90 Å². The molecule has 1 aromatic carbocycles. The van der Waals surface area contributed by atoms with Crippen molar-refractivity contribution in [3.8, 4) is 11.5 Å². The predicted molar refractivity (Wildman–Crippen MR) is 64.0 cm³/mol. The molecule has 2 atom stereocenters. The maximum Gasteiger partial charge on any atom is 0.306 e. The third kappa shape index (κ3) is 2.01. The second kappa shape index (κ2) is 4.86. The quantitative estimate of drug-likeness (QED) is 0.850. The fourth-order valence-electron chi connectivity index (χ4n) is 2.44. The van der Waals surface area contributed by atoms with Crippen molar-refractivity contribution >= 4 is 5.97 Å². The Balaban J connectivity index is 2.50. The van der Waals surface area contributed by atoms with E-state index in [2.05, 4.69) is 0 Å². The van der Waals surface area contributed by atoms with Crippen LogP contribution in [0.5, 0.6) is 11.5 Å². The first-order chi connectivity index (χ1) is 8.58. The highest BCUT2D eigenvalue weighted by Gasteiger charge is 2.32. The summed E-state index contributed by atoms with van der Waals surface area (Å²) in [5.41, 5.74) is 1.45. The SMILES string of the molecule is COc1ccc2c(c1OC)CC(C(=O)O)CC2O. The summed E-state index contributed by atoms with van der Waals surface area (Å²) in [4.78, 5) is 11.1. The van der Waals surface area contributed by atoms with E-state index in [-0.39, 0.29) is 6.42 Å². The molecule has 0 saturated heterocycles. The smallest absolute Gasteiger partial charge is 0.306 e. The lowest BCUT2D eigenvalue weighted by Gasteiger charge is -2.28. The maximum atomic E-state index is 11.1. The first kappa shape index (κ1) is 12.7. The average molecular weight is 252 g/mol. The molecule has 0 radical (unpaired) electrons. The highest BCUT2D eigenvalue weighted by molar-refractivity contribution is 5.72. The molecule has 0 spiro atoms. The molecule has 5 heteroatoms. The van der Waals surface area contributed by atoms with Crippen LogP contribution in [0.2, 0.25) is 0 Å². The van der Waals surface area contributed by atoms with Crippen LogP contribution in [-0.2, 0) is 11.2 Å². The molecule has 0 fully saturated rings. The van der Waals surface area contributed by atoms with Gasteiger partial charge in [-0.15, -0.1) is 0 Å². The topological polar surface area (TPSA) is 76.0 Å². The zero-order valence-electron chi connectivity index (χ0n) is 10.3. The zero-order valence-corrected chi connectivity index (χ0v) is 10.3. The first-order valence-electron chi connectivity index (χ1n) is 5.73. The lowest BCUT2D eigenvalue weighted by molar-refractivity contribution is -0.143. The predicted octanol–water partition coefficient (Wildman–Crippen LogP) is 1.38. The summed E-state index contributed by atoms with van der Waals surface area (Å²) in [7, 11) is 3.03. The Labute approximate surface area is 105 Å². The van der Waals surface area contributed by atoms with Crippen LogP contribution in [0.15, 0.2) is 12.1 Å². The first-order valence-corrected chi connectivity index (χ1v) is 5.73. The average Bonchev–Trinajstić information content (AvgIpc) is 2.36. The lowest BCUT2D eigenvalue weighted by Crippen LogP contribution is -2.25. The molecular weight excluding hydrogens is 236 g/mol. The standard InChI is InChI=1S/C13H16O5/c1-17-11-4-3-8-9(12(11)18-2)5-7(13(15)16)6-10(8)14/h3-4,7,10,14H,5-6H2,1-2H3,(H,15,16). The van der Waals surface area contributed by atoms with E-state index in [1.807, 2.05) is 0 Å². The van der Waals surface area contributed by atoms with Gasteiger partial charge in [0.05, 0.1) is 26.2 Å². The van der Waals surface area contributed by atoms with E-state index in [4.69, 9.17) is 14.6 Å². The molecule has 1 aromatic rings. The molecule has 0 amide bonds. The van der Waals surface area contributed by atoms with Crippen molar-refractivity contribution in [1.29, 1.82) is 0 Å². The Hall–Kier alpha value is -1.75. The van der Waals surface area contributed by atoms with Crippen LogP contribution in [0.4, 0.5) is 0 Å². The third-order valence-electron chi connectivity index (χ3n) is 3.35.